The van der Waals surface area contributed by atoms with E-state index < -0.39 is 0 Å². The summed E-state index contributed by atoms with van der Waals surface area (Å²) in [6.45, 7) is 2.39. The standard InChI is InChI=1S/C19H34N/c1-2-6-10-16(9-5-1)18-13-14-20-15-19(18)17-11-7-3-4-8-12-17/h16-19H,1-15H2. The highest BCUT2D eigenvalue weighted by Crippen LogP contribution is 2.42. The molecule has 1 saturated heterocycles. The minimum atomic E-state index is 0.963. The van der Waals surface area contributed by atoms with Crippen LogP contribution in [-0.2, 0) is 0 Å². The van der Waals surface area contributed by atoms with Gasteiger partial charge in [0.1, 0.15) is 0 Å². The molecule has 1 radical (unpaired) electrons. The van der Waals surface area contributed by atoms with Crippen LogP contribution in [0.15, 0.2) is 0 Å². The van der Waals surface area contributed by atoms with Crippen molar-refractivity contribution >= 4 is 0 Å². The predicted molar refractivity (Wildman–Crippen MR) is 85.8 cm³/mol. The molecule has 0 aromatic heterocycles. The zero-order valence-corrected chi connectivity index (χ0v) is 13.4. The van der Waals surface area contributed by atoms with E-state index >= 15 is 0 Å². The molecule has 0 bridgehead atoms. The monoisotopic (exact) mass is 276 g/mol. The Morgan fingerprint density at radius 3 is 1.55 bits per heavy atom. The van der Waals surface area contributed by atoms with E-state index in [0.717, 1.165) is 23.7 Å². The van der Waals surface area contributed by atoms with E-state index in [1.165, 1.54) is 96.6 Å². The molecule has 0 amide bonds. The molecule has 2 aliphatic carbocycles. The molecule has 0 aromatic rings. The Kier molecular flexibility index (Phi) is 5.82. The summed E-state index contributed by atoms with van der Waals surface area (Å²) in [6.07, 6.45) is 19.5. The molecule has 3 aliphatic rings. The summed E-state index contributed by atoms with van der Waals surface area (Å²) in [5.74, 6) is 4.08. The van der Waals surface area contributed by atoms with Crippen LogP contribution in [-0.4, -0.2) is 13.1 Å². The largest absolute Gasteiger partial charge is 0.241 e. The van der Waals surface area contributed by atoms with Crippen molar-refractivity contribution in [3.63, 3.8) is 0 Å². The maximum atomic E-state index is 4.83. The third-order valence-corrected chi connectivity index (χ3v) is 6.52. The van der Waals surface area contributed by atoms with Crippen molar-refractivity contribution < 1.29 is 0 Å². The summed E-state index contributed by atoms with van der Waals surface area (Å²) in [6, 6.07) is 0. The van der Waals surface area contributed by atoms with Crippen LogP contribution in [0.1, 0.15) is 83.5 Å². The molecule has 3 rings (SSSR count). The van der Waals surface area contributed by atoms with Crippen LogP contribution in [0, 0.1) is 23.7 Å². The maximum Gasteiger partial charge on any atom is 0.0167 e. The second-order valence-electron chi connectivity index (χ2n) is 7.75. The summed E-state index contributed by atoms with van der Waals surface area (Å²) in [5.41, 5.74) is 0. The molecule has 1 aliphatic heterocycles. The first-order valence-corrected chi connectivity index (χ1v) is 9.58. The zero-order valence-electron chi connectivity index (χ0n) is 13.4. The molecular formula is C19H34N. The van der Waals surface area contributed by atoms with Gasteiger partial charge in [-0.1, -0.05) is 77.0 Å². The number of hydrogen-bond acceptors (Lipinski definition) is 0. The Morgan fingerprint density at radius 1 is 0.500 bits per heavy atom. The molecule has 2 unspecified atom stereocenters. The van der Waals surface area contributed by atoms with Crippen LogP contribution < -0.4 is 5.32 Å². The molecule has 1 heterocycles. The second kappa shape index (κ2) is 7.82. The van der Waals surface area contributed by atoms with E-state index in [1.54, 1.807) is 0 Å². The molecule has 2 saturated carbocycles. The number of nitrogens with zero attached hydrogens (tertiary/aromatic N) is 1. The molecule has 1 nitrogen and oxygen atoms in total. The lowest BCUT2D eigenvalue weighted by Gasteiger charge is -2.41. The van der Waals surface area contributed by atoms with Crippen molar-refractivity contribution in [1.82, 2.24) is 5.32 Å². The molecule has 20 heavy (non-hydrogen) atoms. The molecule has 2 atom stereocenters. The van der Waals surface area contributed by atoms with E-state index in [-0.39, 0.29) is 0 Å². The summed E-state index contributed by atoms with van der Waals surface area (Å²) in [7, 11) is 0. The van der Waals surface area contributed by atoms with Gasteiger partial charge in [-0.3, -0.25) is 0 Å². The minimum Gasteiger partial charge on any atom is -0.241 e. The quantitative estimate of drug-likeness (QED) is 0.618. The van der Waals surface area contributed by atoms with Crippen LogP contribution in [0.3, 0.4) is 0 Å². The SMILES string of the molecule is C1CCCC(C2CC[N]CC2C2CCCCCC2)CC1. The summed E-state index contributed by atoms with van der Waals surface area (Å²) >= 11 is 0. The highest BCUT2D eigenvalue weighted by atomic mass is 14.9. The maximum absolute atomic E-state index is 4.83. The van der Waals surface area contributed by atoms with Crippen molar-refractivity contribution in [3.05, 3.63) is 0 Å². The highest BCUT2D eigenvalue weighted by molar-refractivity contribution is 4.88. The average molecular weight is 276 g/mol. The van der Waals surface area contributed by atoms with Gasteiger partial charge in [0.25, 0.3) is 0 Å². The predicted octanol–water partition coefficient (Wildman–Crippen LogP) is 5.17. The van der Waals surface area contributed by atoms with Crippen LogP contribution in [0.4, 0.5) is 0 Å². The summed E-state index contributed by atoms with van der Waals surface area (Å²) in [5, 5.41) is 4.83. The third-order valence-electron chi connectivity index (χ3n) is 6.52. The van der Waals surface area contributed by atoms with Crippen molar-refractivity contribution in [3.8, 4) is 0 Å². The van der Waals surface area contributed by atoms with E-state index in [4.69, 9.17) is 5.32 Å². The van der Waals surface area contributed by atoms with Gasteiger partial charge in [0, 0.05) is 13.1 Å². The number of piperidine rings is 1. The van der Waals surface area contributed by atoms with Crippen LogP contribution in [0.5, 0.6) is 0 Å². The van der Waals surface area contributed by atoms with Gasteiger partial charge >= 0.3 is 0 Å². The molecule has 0 aromatic carbocycles. The van der Waals surface area contributed by atoms with Crippen LogP contribution in [0.2, 0.25) is 0 Å². The molecule has 1 heteroatoms. The van der Waals surface area contributed by atoms with Gasteiger partial charge in [0.15, 0.2) is 0 Å². The van der Waals surface area contributed by atoms with E-state index in [2.05, 4.69) is 0 Å². The molecule has 115 valence electrons. The third kappa shape index (κ3) is 3.78. The fourth-order valence-corrected chi connectivity index (χ4v) is 5.39. The van der Waals surface area contributed by atoms with E-state index in [0.29, 0.717) is 0 Å². The van der Waals surface area contributed by atoms with Crippen molar-refractivity contribution in [2.45, 2.75) is 83.5 Å². The van der Waals surface area contributed by atoms with Crippen LogP contribution >= 0.6 is 0 Å². The van der Waals surface area contributed by atoms with Gasteiger partial charge in [-0.25, -0.2) is 5.32 Å². The Bertz CT molecular complexity index is 231. The molecule has 3 fully saturated rings. The van der Waals surface area contributed by atoms with Gasteiger partial charge in [-0.15, -0.1) is 0 Å². The van der Waals surface area contributed by atoms with Crippen molar-refractivity contribution in [2.75, 3.05) is 13.1 Å². The van der Waals surface area contributed by atoms with Gasteiger partial charge in [-0.2, -0.15) is 0 Å². The highest BCUT2D eigenvalue weighted by Gasteiger charge is 2.36. The topological polar surface area (TPSA) is 14.1 Å². The first-order valence-electron chi connectivity index (χ1n) is 9.58. The normalized spacial score (nSPS) is 35.4. The lowest BCUT2D eigenvalue weighted by atomic mass is 9.68. The molecular weight excluding hydrogens is 242 g/mol. The number of hydrogen-bond donors (Lipinski definition) is 0. The second-order valence-corrected chi connectivity index (χ2v) is 7.75. The Balaban J connectivity index is 1.65. The Labute approximate surface area is 126 Å². The van der Waals surface area contributed by atoms with Crippen LogP contribution in [0.25, 0.3) is 0 Å². The lowest BCUT2D eigenvalue weighted by Crippen LogP contribution is -2.40. The molecule has 0 N–H and O–H groups in total. The fraction of sp³-hybridized carbons (Fsp3) is 1.00. The first kappa shape index (κ1) is 14.9. The fourth-order valence-electron chi connectivity index (χ4n) is 5.39. The van der Waals surface area contributed by atoms with Crippen molar-refractivity contribution in [1.29, 1.82) is 0 Å². The Morgan fingerprint density at radius 2 is 1.00 bits per heavy atom. The lowest BCUT2D eigenvalue weighted by molar-refractivity contribution is 0.0994. The summed E-state index contributed by atoms with van der Waals surface area (Å²) in [4.78, 5) is 0. The first-order chi connectivity index (χ1) is 9.95. The summed E-state index contributed by atoms with van der Waals surface area (Å²) < 4.78 is 0. The minimum absolute atomic E-state index is 0.963. The number of rotatable bonds is 2. The van der Waals surface area contributed by atoms with E-state index in [9.17, 15) is 0 Å². The van der Waals surface area contributed by atoms with Crippen molar-refractivity contribution in [2.24, 2.45) is 23.7 Å². The average Bonchev–Trinajstić information content (AvgIpc) is 2.92. The Hall–Kier alpha value is -0.0400. The van der Waals surface area contributed by atoms with Gasteiger partial charge in [-0.05, 0) is 30.1 Å². The molecule has 0 spiro atoms. The zero-order chi connectivity index (χ0) is 13.6. The van der Waals surface area contributed by atoms with E-state index in [1.807, 2.05) is 0 Å². The van der Waals surface area contributed by atoms with Gasteiger partial charge < -0.3 is 0 Å². The van der Waals surface area contributed by atoms with Gasteiger partial charge in [0.2, 0.25) is 0 Å². The van der Waals surface area contributed by atoms with Gasteiger partial charge in [0.05, 0.1) is 0 Å². The smallest absolute Gasteiger partial charge is 0.0167 e.